The van der Waals surface area contributed by atoms with Crippen LogP contribution in [0, 0.1) is 11.3 Å². The first-order chi connectivity index (χ1) is 9.28. The Morgan fingerprint density at radius 2 is 1.95 bits per heavy atom. The molecule has 2 aromatic rings. The molecule has 1 aromatic heterocycles. The van der Waals surface area contributed by atoms with E-state index in [0.29, 0.717) is 17.1 Å². The fraction of sp³-hybridized carbons (Fsp3) is 0.133. The molecule has 20 heavy (non-hydrogen) atoms. The van der Waals surface area contributed by atoms with Crippen molar-refractivity contribution in [1.82, 2.24) is 4.98 Å². The second kappa shape index (κ2) is 7.27. The molecule has 0 saturated carbocycles. The van der Waals surface area contributed by atoms with Crippen LogP contribution in [0.25, 0.3) is 11.6 Å². The Morgan fingerprint density at radius 3 is 2.50 bits per heavy atom. The SMILES string of the molecule is COc1ccc(/C(C#N)=C/c2ccc[nH]2)cc1OC.Cl. The van der Waals surface area contributed by atoms with Gasteiger partial charge in [0, 0.05) is 11.9 Å². The highest BCUT2D eigenvalue weighted by atomic mass is 35.5. The van der Waals surface area contributed by atoms with Gasteiger partial charge in [0.05, 0.1) is 25.9 Å². The number of benzene rings is 1. The number of nitrogens with zero attached hydrogens (tertiary/aromatic N) is 1. The highest BCUT2D eigenvalue weighted by molar-refractivity contribution is 5.89. The zero-order valence-electron chi connectivity index (χ0n) is 11.2. The number of allylic oxidation sites excluding steroid dienone is 1. The first-order valence-corrected chi connectivity index (χ1v) is 5.76. The summed E-state index contributed by atoms with van der Waals surface area (Å²) >= 11 is 0. The average Bonchev–Trinajstić information content (AvgIpc) is 2.97. The van der Waals surface area contributed by atoms with Crippen molar-refractivity contribution in [3.05, 3.63) is 47.8 Å². The summed E-state index contributed by atoms with van der Waals surface area (Å²) in [6.45, 7) is 0. The molecule has 1 N–H and O–H groups in total. The molecule has 4 nitrogen and oxygen atoms in total. The van der Waals surface area contributed by atoms with Gasteiger partial charge < -0.3 is 14.5 Å². The van der Waals surface area contributed by atoms with E-state index in [1.54, 1.807) is 32.4 Å². The van der Waals surface area contributed by atoms with Crippen LogP contribution in [0.4, 0.5) is 0 Å². The van der Waals surface area contributed by atoms with Crippen LogP contribution in [-0.2, 0) is 0 Å². The lowest BCUT2D eigenvalue weighted by Gasteiger charge is -2.08. The van der Waals surface area contributed by atoms with E-state index in [0.717, 1.165) is 11.3 Å². The van der Waals surface area contributed by atoms with Gasteiger partial charge in [-0.2, -0.15) is 5.26 Å². The van der Waals surface area contributed by atoms with Crippen LogP contribution in [0.2, 0.25) is 0 Å². The van der Waals surface area contributed by atoms with Crippen LogP contribution in [0.3, 0.4) is 0 Å². The number of ether oxygens (including phenoxy) is 2. The van der Waals surface area contributed by atoms with E-state index in [9.17, 15) is 5.26 Å². The molecule has 2 rings (SSSR count). The van der Waals surface area contributed by atoms with Crippen molar-refractivity contribution in [1.29, 1.82) is 5.26 Å². The number of methoxy groups -OCH3 is 2. The van der Waals surface area contributed by atoms with Gasteiger partial charge in [0.25, 0.3) is 0 Å². The van der Waals surface area contributed by atoms with Crippen LogP contribution < -0.4 is 9.47 Å². The summed E-state index contributed by atoms with van der Waals surface area (Å²) < 4.78 is 10.4. The lowest BCUT2D eigenvalue weighted by atomic mass is 10.1. The van der Waals surface area contributed by atoms with E-state index in [1.165, 1.54) is 0 Å². The van der Waals surface area contributed by atoms with E-state index in [2.05, 4.69) is 11.1 Å². The van der Waals surface area contributed by atoms with Crippen LogP contribution in [0.15, 0.2) is 36.5 Å². The molecule has 0 spiro atoms. The van der Waals surface area contributed by atoms with Crippen molar-refractivity contribution in [2.24, 2.45) is 0 Å². The predicted molar refractivity (Wildman–Crippen MR) is 81.1 cm³/mol. The molecular formula is C15H15ClN2O2. The number of hydrogen-bond acceptors (Lipinski definition) is 3. The van der Waals surface area contributed by atoms with Crippen LogP contribution in [-0.4, -0.2) is 19.2 Å². The number of H-pyrrole nitrogens is 1. The van der Waals surface area contributed by atoms with Gasteiger partial charge >= 0.3 is 0 Å². The quantitative estimate of drug-likeness (QED) is 0.877. The normalized spacial score (nSPS) is 10.3. The van der Waals surface area contributed by atoms with E-state index >= 15 is 0 Å². The molecule has 0 aliphatic carbocycles. The number of nitriles is 1. The first kappa shape index (κ1) is 15.7. The minimum absolute atomic E-state index is 0. The van der Waals surface area contributed by atoms with Crippen molar-refractivity contribution >= 4 is 24.1 Å². The number of hydrogen-bond donors (Lipinski definition) is 1. The Bertz CT molecular complexity index is 628. The van der Waals surface area contributed by atoms with Gasteiger partial charge in [-0.3, -0.25) is 0 Å². The molecule has 0 aliphatic rings. The molecular weight excluding hydrogens is 276 g/mol. The second-order valence-electron chi connectivity index (χ2n) is 3.87. The second-order valence-corrected chi connectivity index (χ2v) is 3.87. The number of nitrogens with one attached hydrogen (secondary N) is 1. The minimum atomic E-state index is 0. The molecule has 0 unspecified atom stereocenters. The van der Waals surface area contributed by atoms with Crippen molar-refractivity contribution in [2.75, 3.05) is 14.2 Å². The fourth-order valence-electron chi connectivity index (χ4n) is 1.77. The van der Waals surface area contributed by atoms with Gasteiger partial charge in [-0.15, -0.1) is 12.4 Å². The van der Waals surface area contributed by atoms with Crippen LogP contribution in [0.5, 0.6) is 11.5 Å². The smallest absolute Gasteiger partial charge is 0.161 e. The Hall–Kier alpha value is -2.38. The van der Waals surface area contributed by atoms with E-state index in [1.807, 2.05) is 24.4 Å². The molecule has 0 aliphatic heterocycles. The minimum Gasteiger partial charge on any atom is -0.493 e. The van der Waals surface area contributed by atoms with Crippen molar-refractivity contribution < 1.29 is 9.47 Å². The summed E-state index contributed by atoms with van der Waals surface area (Å²) in [4.78, 5) is 3.04. The number of aromatic nitrogens is 1. The number of halogens is 1. The van der Waals surface area contributed by atoms with Crippen molar-refractivity contribution in [2.45, 2.75) is 0 Å². The van der Waals surface area contributed by atoms with E-state index in [-0.39, 0.29) is 12.4 Å². The largest absolute Gasteiger partial charge is 0.493 e. The maximum atomic E-state index is 9.26. The third kappa shape index (κ3) is 3.34. The summed E-state index contributed by atoms with van der Waals surface area (Å²) in [5.41, 5.74) is 2.23. The summed E-state index contributed by atoms with van der Waals surface area (Å²) in [5.74, 6) is 1.25. The standard InChI is InChI=1S/C15H14N2O2.ClH/c1-18-14-6-5-11(9-15(14)19-2)12(10-16)8-13-4-3-7-17-13;/h3-9,17H,1-2H3;1H/b12-8+;. The zero-order chi connectivity index (χ0) is 13.7. The van der Waals surface area contributed by atoms with Gasteiger partial charge in [-0.25, -0.2) is 0 Å². The van der Waals surface area contributed by atoms with Crippen molar-refractivity contribution in [3.8, 4) is 17.6 Å². The Labute approximate surface area is 124 Å². The molecule has 0 amide bonds. The summed E-state index contributed by atoms with van der Waals surface area (Å²) in [5, 5.41) is 9.26. The molecule has 5 heteroatoms. The molecule has 0 bridgehead atoms. The molecule has 0 atom stereocenters. The van der Waals surface area contributed by atoms with Crippen LogP contribution in [0.1, 0.15) is 11.3 Å². The van der Waals surface area contributed by atoms with Gasteiger partial charge in [0.1, 0.15) is 0 Å². The summed E-state index contributed by atoms with van der Waals surface area (Å²) in [6.07, 6.45) is 3.61. The van der Waals surface area contributed by atoms with E-state index < -0.39 is 0 Å². The molecule has 104 valence electrons. The van der Waals surface area contributed by atoms with Gasteiger partial charge in [0.15, 0.2) is 11.5 Å². The average molecular weight is 291 g/mol. The lowest BCUT2D eigenvalue weighted by Crippen LogP contribution is -1.92. The molecule has 1 aromatic carbocycles. The van der Waals surface area contributed by atoms with Gasteiger partial charge in [-0.1, -0.05) is 0 Å². The highest BCUT2D eigenvalue weighted by Crippen LogP contribution is 2.30. The highest BCUT2D eigenvalue weighted by Gasteiger charge is 2.08. The monoisotopic (exact) mass is 290 g/mol. The van der Waals surface area contributed by atoms with Gasteiger partial charge in [0.2, 0.25) is 0 Å². The number of aromatic amines is 1. The maximum Gasteiger partial charge on any atom is 0.161 e. The molecule has 1 heterocycles. The Morgan fingerprint density at radius 1 is 1.20 bits per heavy atom. The zero-order valence-corrected chi connectivity index (χ0v) is 12.0. The maximum absolute atomic E-state index is 9.26. The number of rotatable bonds is 4. The molecule has 0 fully saturated rings. The van der Waals surface area contributed by atoms with Crippen molar-refractivity contribution in [3.63, 3.8) is 0 Å². The lowest BCUT2D eigenvalue weighted by molar-refractivity contribution is 0.355. The predicted octanol–water partition coefficient (Wildman–Crippen LogP) is 3.52. The Kier molecular flexibility index (Phi) is 5.70. The third-order valence-corrected chi connectivity index (χ3v) is 2.74. The molecule has 0 radical (unpaired) electrons. The van der Waals surface area contributed by atoms with E-state index in [4.69, 9.17) is 9.47 Å². The van der Waals surface area contributed by atoms with Crippen LogP contribution >= 0.6 is 12.4 Å². The topological polar surface area (TPSA) is 58.0 Å². The fourth-order valence-corrected chi connectivity index (χ4v) is 1.77. The Balaban J connectivity index is 0.00000200. The van der Waals surface area contributed by atoms with Gasteiger partial charge in [-0.05, 0) is 42.0 Å². The molecule has 0 saturated heterocycles. The summed E-state index contributed by atoms with van der Waals surface area (Å²) in [7, 11) is 3.15. The first-order valence-electron chi connectivity index (χ1n) is 5.76. The summed E-state index contributed by atoms with van der Waals surface area (Å²) in [6, 6.07) is 11.4. The third-order valence-electron chi connectivity index (χ3n) is 2.74.